The molecule has 2 rings (SSSR count). The van der Waals surface area contributed by atoms with Crippen LogP contribution in [0.2, 0.25) is 0 Å². The molecule has 0 aliphatic rings. The average Bonchev–Trinajstić information content (AvgIpc) is 2.36. The van der Waals surface area contributed by atoms with E-state index in [4.69, 9.17) is 10.5 Å². The number of rotatable bonds is 3. The molecular formula is C14H13F2NO. The molecule has 0 amide bonds. The lowest BCUT2D eigenvalue weighted by molar-refractivity contribution is 0.416. The average molecular weight is 249 g/mol. The van der Waals surface area contributed by atoms with Gasteiger partial charge in [0.15, 0.2) is 11.6 Å². The quantitative estimate of drug-likeness (QED) is 0.898. The van der Waals surface area contributed by atoms with Gasteiger partial charge < -0.3 is 10.5 Å². The van der Waals surface area contributed by atoms with Crippen molar-refractivity contribution < 1.29 is 13.5 Å². The lowest BCUT2D eigenvalue weighted by atomic mass is 10.1. The molecule has 0 saturated carbocycles. The van der Waals surface area contributed by atoms with Gasteiger partial charge in [-0.2, -0.15) is 4.39 Å². The van der Waals surface area contributed by atoms with E-state index in [0.29, 0.717) is 5.75 Å². The Balaban J connectivity index is 2.21. The fourth-order valence-corrected chi connectivity index (χ4v) is 1.53. The van der Waals surface area contributed by atoms with Gasteiger partial charge >= 0.3 is 0 Å². The number of ether oxygens (including phenoxy) is 1. The van der Waals surface area contributed by atoms with Gasteiger partial charge in [-0.1, -0.05) is 18.2 Å². The van der Waals surface area contributed by atoms with Crippen molar-refractivity contribution in [2.45, 2.75) is 13.0 Å². The van der Waals surface area contributed by atoms with Gasteiger partial charge in [0, 0.05) is 6.04 Å². The van der Waals surface area contributed by atoms with Crippen LogP contribution in [-0.2, 0) is 0 Å². The van der Waals surface area contributed by atoms with Gasteiger partial charge in [0.05, 0.1) is 0 Å². The zero-order valence-corrected chi connectivity index (χ0v) is 9.86. The van der Waals surface area contributed by atoms with E-state index in [9.17, 15) is 8.78 Å². The predicted molar refractivity (Wildman–Crippen MR) is 65.5 cm³/mol. The van der Waals surface area contributed by atoms with E-state index in [1.807, 2.05) is 6.92 Å². The molecule has 0 bridgehead atoms. The second-order valence-corrected chi connectivity index (χ2v) is 4.01. The first kappa shape index (κ1) is 12.5. The van der Waals surface area contributed by atoms with Gasteiger partial charge in [-0.15, -0.1) is 0 Å². The van der Waals surface area contributed by atoms with Gasteiger partial charge in [0.2, 0.25) is 5.82 Å². The Morgan fingerprint density at radius 3 is 2.33 bits per heavy atom. The minimum Gasteiger partial charge on any atom is -0.454 e. The van der Waals surface area contributed by atoms with E-state index in [1.165, 1.54) is 12.1 Å². The predicted octanol–water partition coefficient (Wildman–Crippen LogP) is 3.78. The van der Waals surface area contributed by atoms with Crippen LogP contribution in [0.5, 0.6) is 11.5 Å². The molecule has 2 nitrogen and oxygen atoms in total. The van der Waals surface area contributed by atoms with Crippen molar-refractivity contribution in [3.05, 3.63) is 59.7 Å². The molecule has 0 aliphatic carbocycles. The largest absolute Gasteiger partial charge is 0.454 e. The maximum atomic E-state index is 13.4. The van der Waals surface area contributed by atoms with Crippen molar-refractivity contribution in [3.8, 4) is 11.5 Å². The lowest BCUT2D eigenvalue weighted by Crippen LogP contribution is -2.04. The summed E-state index contributed by atoms with van der Waals surface area (Å²) in [6.45, 7) is 1.86. The van der Waals surface area contributed by atoms with E-state index < -0.39 is 11.6 Å². The summed E-state index contributed by atoms with van der Waals surface area (Å²) in [5.41, 5.74) is 6.66. The van der Waals surface area contributed by atoms with Crippen LogP contribution in [0.1, 0.15) is 18.5 Å². The molecule has 94 valence electrons. The molecule has 18 heavy (non-hydrogen) atoms. The van der Waals surface area contributed by atoms with E-state index >= 15 is 0 Å². The summed E-state index contributed by atoms with van der Waals surface area (Å²) in [5, 5.41) is 0. The zero-order valence-electron chi connectivity index (χ0n) is 9.86. The van der Waals surface area contributed by atoms with Crippen LogP contribution in [0.25, 0.3) is 0 Å². The molecule has 1 unspecified atom stereocenters. The number of benzene rings is 2. The van der Waals surface area contributed by atoms with Crippen molar-refractivity contribution in [3.63, 3.8) is 0 Å². The number of nitrogens with two attached hydrogens (primary N) is 1. The number of hydrogen-bond acceptors (Lipinski definition) is 2. The topological polar surface area (TPSA) is 35.2 Å². The molecular weight excluding hydrogens is 236 g/mol. The first-order valence-corrected chi connectivity index (χ1v) is 5.55. The first-order valence-electron chi connectivity index (χ1n) is 5.55. The van der Waals surface area contributed by atoms with Crippen LogP contribution in [0.15, 0.2) is 42.5 Å². The van der Waals surface area contributed by atoms with Crippen LogP contribution in [0.4, 0.5) is 8.78 Å². The summed E-state index contributed by atoms with van der Waals surface area (Å²) < 4.78 is 31.6. The molecule has 2 aromatic carbocycles. The van der Waals surface area contributed by atoms with Crippen LogP contribution in [0.3, 0.4) is 0 Å². The molecule has 0 spiro atoms. The summed E-state index contributed by atoms with van der Waals surface area (Å²) in [6.07, 6.45) is 0. The summed E-state index contributed by atoms with van der Waals surface area (Å²) in [4.78, 5) is 0. The standard InChI is InChI=1S/C14H13F2NO/c1-9(17)10-5-7-11(8-6-10)18-13-4-2-3-12(15)14(13)16/h2-9H,17H2,1H3. The maximum Gasteiger partial charge on any atom is 0.201 e. The van der Waals surface area contributed by atoms with Crippen molar-refractivity contribution in [1.82, 2.24) is 0 Å². The summed E-state index contributed by atoms with van der Waals surface area (Å²) in [5.74, 6) is -1.62. The highest BCUT2D eigenvalue weighted by Crippen LogP contribution is 2.26. The molecule has 0 heterocycles. The smallest absolute Gasteiger partial charge is 0.201 e. The van der Waals surface area contributed by atoms with Gasteiger partial charge in [-0.3, -0.25) is 0 Å². The summed E-state index contributed by atoms with van der Waals surface area (Å²) in [6, 6.07) is 10.6. The van der Waals surface area contributed by atoms with E-state index in [0.717, 1.165) is 11.6 Å². The SMILES string of the molecule is CC(N)c1ccc(Oc2cccc(F)c2F)cc1. The third-order valence-electron chi connectivity index (χ3n) is 2.55. The second kappa shape index (κ2) is 5.14. The van der Waals surface area contributed by atoms with E-state index in [1.54, 1.807) is 24.3 Å². The highest BCUT2D eigenvalue weighted by molar-refractivity contribution is 5.34. The Morgan fingerprint density at radius 2 is 1.72 bits per heavy atom. The molecule has 0 saturated heterocycles. The fourth-order valence-electron chi connectivity index (χ4n) is 1.53. The first-order chi connectivity index (χ1) is 8.58. The third-order valence-corrected chi connectivity index (χ3v) is 2.55. The molecule has 4 heteroatoms. The third kappa shape index (κ3) is 2.65. The van der Waals surface area contributed by atoms with Crippen LogP contribution >= 0.6 is 0 Å². The highest BCUT2D eigenvalue weighted by atomic mass is 19.2. The molecule has 0 aliphatic heterocycles. The summed E-state index contributed by atoms with van der Waals surface area (Å²) in [7, 11) is 0. The molecule has 2 aromatic rings. The van der Waals surface area contributed by atoms with Crippen LogP contribution in [0, 0.1) is 11.6 Å². The molecule has 0 aromatic heterocycles. The normalized spacial score (nSPS) is 12.2. The summed E-state index contributed by atoms with van der Waals surface area (Å²) >= 11 is 0. The Morgan fingerprint density at radius 1 is 1.06 bits per heavy atom. The maximum absolute atomic E-state index is 13.4. The lowest BCUT2D eigenvalue weighted by Gasteiger charge is -2.09. The van der Waals surface area contributed by atoms with Crippen molar-refractivity contribution in [2.24, 2.45) is 5.73 Å². The minimum atomic E-state index is -0.992. The zero-order chi connectivity index (χ0) is 13.1. The van der Waals surface area contributed by atoms with E-state index in [2.05, 4.69) is 0 Å². The molecule has 0 radical (unpaired) electrons. The number of hydrogen-bond donors (Lipinski definition) is 1. The van der Waals surface area contributed by atoms with Crippen molar-refractivity contribution in [1.29, 1.82) is 0 Å². The van der Waals surface area contributed by atoms with Gasteiger partial charge in [-0.25, -0.2) is 4.39 Å². The van der Waals surface area contributed by atoms with Crippen LogP contribution in [-0.4, -0.2) is 0 Å². The second-order valence-electron chi connectivity index (χ2n) is 4.01. The molecule has 2 N–H and O–H groups in total. The fraction of sp³-hybridized carbons (Fsp3) is 0.143. The van der Waals surface area contributed by atoms with Crippen LogP contribution < -0.4 is 10.5 Å². The van der Waals surface area contributed by atoms with Gasteiger partial charge in [-0.05, 0) is 36.8 Å². The Labute approximate surface area is 104 Å². The van der Waals surface area contributed by atoms with E-state index in [-0.39, 0.29) is 11.8 Å². The minimum absolute atomic E-state index is 0.0787. The highest BCUT2D eigenvalue weighted by Gasteiger charge is 2.09. The molecule has 1 atom stereocenters. The monoisotopic (exact) mass is 249 g/mol. The van der Waals surface area contributed by atoms with Crippen molar-refractivity contribution >= 4 is 0 Å². The number of halogens is 2. The van der Waals surface area contributed by atoms with Gasteiger partial charge in [0.1, 0.15) is 5.75 Å². The Hall–Kier alpha value is -1.94. The molecule has 0 fully saturated rings. The van der Waals surface area contributed by atoms with Crippen molar-refractivity contribution in [2.75, 3.05) is 0 Å². The Bertz CT molecular complexity index is 538. The van der Waals surface area contributed by atoms with Gasteiger partial charge in [0.25, 0.3) is 0 Å². The Kier molecular flexibility index (Phi) is 3.58.